The van der Waals surface area contributed by atoms with Gasteiger partial charge < -0.3 is 18.9 Å². The molecule has 6 nitrogen and oxygen atoms in total. The lowest BCUT2D eigenvalue weighted by Gasteiger charge is -2.30. The molecular weight excluding hydrogens is 428 g/mol. The third-order valence-corrected chi connectivity index (χ3v) is 6.44. The van der Waals surface area contributed by atoms with E-state index in [0.717, 1.165) is 37.0 Å². The molecule has 1 aliphatic rings. The van der Waals surface area contributed by atoms with Gasteiger partial charge in [-0.2, -0.15) is 0 Å². The minimum absolute atomic E-state index is 0.0944. The molecule has 1 aliphatic heterocycles. The van der Waals surface area contributed by atoms with E-state index in [2.05, 4.69) is 12.1 Å². The van der Waals surface area contributed by atoms with Gasteiger partial charge >= 0.3 is 5.97 Å². The zero-order valence-electron chi connectivity index (χ0n) is 19.9. The van der Waals surface area contributed by atoms with Crippen molar-refractivity contribution in [3.63, 3.8) is 0 Å². The molecule has 2 rings (SSSR count). The number of esters is 1. The predicted octanol–water partition coefficient (Wildman–Crippen LogP) is 5.23. The van der Waals surface area contributed by atoms with Crippen LogP contribution in [0.3, 0.4) is 0 Å². The van der Waals surface area contributed by atoms with Crippen molar-refractivity contribution in [2.45, 2.75) is 84.2 Å². The van der Waals surface area contributed by atoms with E-state index in [-0.39, 0.29) is 23.5 Å². The number of benzene rings is 1. The highest BCUT2D eigenvalue weighted by molar-refractivity contribution is 8.13. The number of ether oxygens (including phenoxy) is 4. The van der Waals surface area contributed by atoms with E-state index in [1.807, 2.05) is 32.9 Å². The summed E-state index contributed by atoms with van der Waals surface area (Å²) in [5, 5.41) is 0.0944. The van der Waals surface area contributed by atoms with E-state index in [4.69, 9.17) is 18.9 Å². The summed E-state index contributed by atoms with van der Waals surface area (Å²) in [6.07, 6.45) is 4.35. The Morgan fingerprint density at radius 2 is 2.09 bits per heavy atom. The molecular formula is C25H38O6S. The van der Waals surface area contributed by atoms with Crippen LogP contribution < -0.4 is 0 Å². The fraction of sp³-hybridized carbons (Fsp3) is 0.680. The van der Waals surface area contributed by atoms with Gasteiger partial charge in [-0.3, -0.25) is 9.59 Å². The Morgan fingerprint density at radius 1 is 1.28 bits per heavy atom. The molecule has 180 valence electrons. The van der Waals surface area contributed by atoms with Crippen LogP contribution in [0.1, 0.15) is 77.0 Å². The van der Waals surface area contributed by atoms with Crippen molar-refractivity contribution < 1.29 is 28.5 Å². The zero-order chi connectivity index (χ0) is 23.4. The average molecular weight is 467 g/mol. The van der Waals surface area contributed by atoms with E-state index in [9.17, 15) is 9.59 Å². The molecule has 0 radical (unpaired) electrons. The first-order valence-electron chi connectivity index (χ1n) is 11.6. The highest BCUT2D eigenvalue weighted by Gasteiger charge is 2.24. The number of hydrogen-bond acceptors (Lipinski definition) is 7. The second-order valence-electron chi connectivity index (χ2n) is 8.65. The number of hydrogen-bond donors (Lipinski definition) is 0. The summed E-state index contributed by atoms with van der Waals surface area (Å²) in [5.41, 5.74) is 1.73. The quantitative estimate of drug-likeness (QED) is 0.369. The van der Waals surface area contributed by atoms with Gasteiger partial charge in [0.1, 0.15) is 0 Å². The number of aryl methyl sites for hydroxylation is 1. The Labute approximate surface area is 196 Å². The van der Waals surface area contributed by atoms with Gasteiger partial charge in [0.25, 0.3) is 0 Å². The first-order chi connectivity index (χ1) is 15.3. The standard InChI is InChI=1S/C25H38O6S/c1-5-28-23(27)13-12-20-9-8-10-21(17-20)22(31-24-11-6-7-15-29-24)14-16-30-25(3,4)18-32-19(2)26/h8-10,17,22,24H,5-7,11-16,18H2,1-4H3. The molecule has 0 aliphatic carbocycles. The lowest BCUT2D eigenvalue weighted by Crippen LogP contribution is -2.30. The Kier molecular flexibility index (Phi) is 11.7. The number of rotatable bonds is 13. The predicted molar refractivity (Wildman–Crippen MR) is 127 cm³/mol. The molecule has 0 bridgehead atoms. The van der Waals surface area contributed by atoms with Crippen molar-refractivity contribution in [2.24, 2.45) is 0 Å². The van der Waals surface area contributed by atoms with Crippen LogP contribution in [-0.2, 0) is 35.0 Å². The minimum atomic E-state index is -0.399. The van der Waals surface area contributed by atoms with Gasteiger partial charge in [0.2, 0.25) is 0 Å². The lowest BCUT2D eigenvalue weighted by molar-refractivity contribution is -0.194. The van der Waals surface area contributed by atoms with E-state index < -0.39 is 5.60 Å². The summed E-state index contributed by atoms with van der Waals surface area (Å²) in [7, 11) is 0. The number of carbonyl (C=O) groups is 2. The van der Waals surface area contributed by atoms with Crippen molar-refractivity contribution in [1.29, 1.82) is 0 Å². The van der Waals surface area contributed by atoms with Crippen LogP contribution in [0.5, 0.6) is 0 Å². The van der Waals surface area contributed by atoms with E-state index in [0.29, 0.717) is 38.2 Å². The molecule has 32 heavy (non-hydrogen) atoms. The third kappa shape index (κ3) is 10.5. The van der Waals surface area contributed by atoms with Crippen molar-refractivity contribution >= 4 is 22.8 Å². The average Bonchev–Trinajstić information content (AvgIpc) is 2.77. The van der Waals surface area contributed by atoms with Crippen molar-refractivity contribution in [3.05, 3.63) is 35.4 Å². The Bertz CT molecular complexity index is 714. The van der Waals surface area contributed by atoms with Gasteiger partial charge in [-0.15, -0.1) is 0 Å². The molecule has 1 aromatic rings. The molecule has 1 aromatic carbocycles. The molecule has 0 amide bonds. The molecule has 0 aromatic heterocycles. The van der Waals surface area contributed by atoms with Crippen molar-refractivity contribution in [2.75, 3.05) is 25.6 Å². The van der Waals surface area contributed by atoms with Crippen molar-refractivity contribution in [3.8, 4) is 0 Å². The van der Waals surface area contributed by atoms with Crippen LogP contribution in [0.2, 0.25) is 0 Å². The molecule has 0 spiro atoms. The highest BCUT2D eigenvalue weighted by atomic mass is 32.2. The van der Waals surface area contributed by atoms with Gasteiger partial charge in [-0.25, -0.2) is 0 Å². The van der Waals surface area contributed by atoms with Gasteiger partial charge in [-0.05, 0) is 57.6 Å². The topological polar surface area (TPSA) is 71.1 Å². The smallest absolute Gasteiger partial charge is 0.306 e. The largest absolute Gasteiger partial charge is 0.466 e. The van der Waals surface area contributed by atoms with Crippen LogP contribution in [0.4, 0.5) is 0 Å². The second kappa shape index (κ2) is 14.0. The Balaban J connectivity index is 2.01. The van der Waals surface area contributed by atoms with Gasteiger partial charge in [0.05, 0.1) is 24.9 Å². The molecule has 0 saturated carbocycles. The summed E-state index contributed by atoms with van der Waals surface area (Å²) >= 11 is 1.28. The summed E-state index contributed by atoms with van der Waals surface area (Å²) in [6.45, 7) is 9.02. The number of thioether (sulfide) groups is 1. The van der Waals surface area contributed by atoms with Crippen LogP contribution in [-0.4, -0.2) is 48.5 Å². The van der Waals surface area contributed by atoms with Gasteiger partial charge in [0.15, 0.2) is 11.4 Å². The van der Waals surface area contributed by atoms with E-state index >= 15 is 0 Å². The van der Waals surface area contributed by atoms with Crippen LogP contribution in [0.15, 0.2) is 24.3 Å². The van der Waals surface area contributed by atoms with Crippen LogP contribution in [0.25, 0.3) is 0 Å². The molecule has 2 unspecified atom stereocenters. The maximum Gasteiger partial charge on any atom is 0.306 e. The Morgan fingerprint density at radius 3 is 2.78 bits per heavy atom. The summed E-state index contributed by atoms with van der Waals surface area (Å²) in [5.74, 6) is 0.434. The van der Waals surface area contributed by atoms with Crippen LogP contribution in [0, 0.1) is 0 Å². The first kappa shape index (κ1) is 26.8. The van der Waals surface area contributed by atoms with Crippen molar-refractivity contribution in [1.82, 2.24) is 0 Å². The summed E-state index contributed by atoms with van der Waals surface area (Å²) in [4.78, 5) is 23.0. The fourth-order valence-corrected chi connectivity index (χ4v) is 4.14. The van der Waals surface area contributed by atoms with E-state index in [1.165, 1.54) is 11.8 Å². The van der Waals surface area contributed by atoms with Gasteiger partial charge in [-0.1, -0.05) is 36.0 Å². The third-order valence-electron chi connectivity index (χ3n) is 5.20. The molecule has 1 saturated heterocycles. The molecule has 1 fully saturated rings. The fourth-order valence-electron chi connectivity index (χ4n) is 3.50. The number of carbonyl (C=O) groups excluding carboxylic acids is 2. The lowest BCUT2D eigenvalue weighted by atomic mass is 10.0. The zero-order valence-corrected chi connectivity index (χ0v) is 20.7. The second-order valence-corrected chi connectivity index (χ2v) is 9.80. The molecule has 2 atom stereocenters. The summed E-state index contributed by atoms with van der Waals surface area (Å²) < 4.78 is 23.3. The highest BCUT2D eigenvalue weighted by Crippen LogP contribution is 2.29. The SMILES string of the molecule is CCOC(=O)CCc1cccc(C(CCOC(C)(C)CSC(C)=O)OC2CCCCO2)c1. The van der Waals surface area contributed by atoms with E-state index in [1.54, 1.807) is 6.92 Å². The first-order valence-corrected chi connectivity index (χ1v) is 12.6. The van der Waals surface area contributed by atoms with Gasteiger partial charge in [0, 0.05) is 32.1 Å². The summed E-state index contributed by atoms with van der Waals surface area (Å²) in [6, 6.07) is 8.18. The minimum Gasteiger partial charge on any atom is -0.466 e. The maximum absolute atomic E-state index is 11.7. The molecule has 1 heterocycles. The maximum atomic E-state index is 11.7. The molecule has 0 N–H and O–H groups in total. The monoisotopic (exact) mass is 466 g/mol. The normalized spacial score (nSPS) is 17.7. The van der Waals surface area contributed by atoms with Crippen LogP contribution >= 0.6 is 11.8 Å². The molecule has 7 heteroatoms. The Hall–Kier alpha value is -1.41.